The molecular weight excluding hydrogens is 318 g/mol. The molecule has 0 bridgehead atoms. The van der Waals surface area contributed by atoms with E-state index >= 15 is 0 Å². The number of methoxy groups -OCH3 is 1. The fraction of sp³-hybridized carbons (Fsp3) is 0.389. The number of aromatic nitrogens is 2. The minimum absolute atomic E-state index is 0.0395. The fourth-order valence-electron chi connectivity index (χ4n) is 3.00. The number of likely N-dealkylation sites (N-methyl/N-ethyl adjacent to an activating group) is 1. The van der Waals surface area contributed by atoms with Crippen molar-refractivity contribution in [2.24, 2.45) is 0 Å². The molecule has 1 amide bonds. The van der Waals surface area contributed by atoms with Crippen LogP contribution >= 0.6 is 0 Å². The molecule has 1 N–H and O–H groups in total. The first kappa shape index (κ1) is 17.2. The maximum absolute atomic E-state index is 12.8. The van der Waals surface area contributed by atoms with Crippen LogP contribution in [0, 0.1) is 6.92 Å². The van der Waals surface area contributed by atoms with Crippen LogP contribution in [0.1, 0.15) is 11.1 Å². The number of rotatable bonds is 5. The van der Waals surface area contributed by atoms with Gasteiger partial charge in [0.1, 0.15) is 18.0 Å². The number of nitrogens with one attached hydrogen (secondary N) is 1. The minimum Gasteiger partial charge on any atom is -0.383 e. The van der Waals surface area contributed by atoms with Crippen LogP contribution in [0.25, 0.3) is 0 Å². The van der Waals surface area contributed by atoms with Crippen LogP contribution < -0.4 is 15.1 Å². The normalized spacial score (nSPS) is 14.3. The SMILES string of the molecule is COCCNc1ncnc2c1CN(c1ccccc1C)C(=O)CN2C. The van der Waals surface area contributed by atoms with Gasteiger partial charge in [-0.25, -0.2) is 9.97 Å². The first-order chi connectivity index (χ1) is 12.1. The third kappa shape index (κ3) is 3.56. The molecule has 0 radical (unpaired) electrons. The van der Waals surface area contributed by atoms with Gasteiger partial charge in [0.2, 0.25) is 5.91 Å². The molecule has 0 fully saturated rings. The molecular formula is C18H23N5O2. The lowest BCUT2D eigenvalue weighted by Gasteiger charge is -2.23. The van der Waals surface area contributed by atoms with Crippen molar-refractivity contribution < 1.29 is 9.53 Å². The van der Waals surface area contributed by atoms with E-state index in [1.54, 1.807) is 7.11 Å². The standard InChI is InChI=1S/C18H23N5O2/c1-13-6-4-5-7-15(13)23-10-14-17(19-8-9-25-3)20-12-21-18(14)22(2)11-16(23)24/h4-7,12H,8-11H2,1-3H3,(H,19,20,21). The van der Waals surface area contributed by atoms with Crippen molar-refractivity contribution in [3.8, 4) is 0 Å². The number of hydrogen-bond acceptors (Lipinski definition) is 6. The summed E-state index contributed by atoms with van der Waals surface area (Å²) >= 11 is 0. The average molecular weight is 341 g/mol. The molecule has 7 heteroatoms. The maximum atomic E-state index is 12.8. The van der Waals surface area contributed by atoms with Gasteiger partial charge >= 0.3 is 0 Å². The zero-order valence-electron chi connectivity index (χ0n) is 14.8. The van der Waals surface area contributed by atoms with Gasteiger partial charge in [0, 0.05) is 26.4 Å². The third-order valence-corrected chi connectivity index (χ3v) is 4.28. The quantitative estimate of drug-likeness (QED) is 0.837. The lowest BCUT2D eigenvalue weighted by molar-refractivity contribution is -0.117. The van der Waals surface area contributed by atoms with Gasteiger partial charge in [-0.15, -0.1) is 0 Å². The van der Waals surface area contributed by atoms with Gasteiger partial charge < -0.3 is 19.9 Å². The zero-order valence-corrected chi connectivity index (χ0v) is 14.8. The van der Waals surface area contributed by atoms with Crippen LogP contribution in [0.15, 0.2) is 30.6 Å². The van der Waals surface area contributed by atoms with E-state index in [0.29, 0.717) is 19.7 Å². The Morgan fingerprint density at radius 1 is 1.24 bits per heavy atom. The van der Waals surface area contributed by atoms with Gasteiger partial charge in [0.05, 0.1) is 25.3 Å². The number of carbonyl (C=O) groups excluding carboxylic acids is 1. The maximum Gasteiger partial charge on any atom is 0.246 e. The van der Waals surface area contributed by atoms with Crippen molar-refractivity contribution in [1.82, 2.24) is 9.97 Å². The number of amides is 1. The van der Waals surface area contributed by atoms with Gasteiger partial charge in [0.25, 0.3) is 0 Å². The number of para-hydroxylation sites is 1. The van der Waals surface area contributed by atoms with Crippen LogP contribution in [0.2, 0.25) is 0 Å². The zero-order chi connectivity index (χ0) is 17.8. The predicted molar refractivity (Wildman–Crippen MR) is 98.0 cm³/mol. The number of benzene rings is 1. The van der Waals surface area contributed by atoms with E-state index in [-0.39, 0.29) is 12.5 Å². The Morgan fingerprint density at radius 2 is 2.04 bits per heavy atom. The fourth-order valence-corrected chi connectivity index (χ4v) is 3.00. The molecule has 2 heterocycles. The van der Waals surface area contributed by atoms with E-state index in [1.807, 2.05) is 48.0 Å². The first-order valence-corrected chi connectivity index (χ1v) is 8.25. The number of fused-ring (bicyclic) bond motifs is 1. The van der Waals surface area contributed by atoms with E-state index in [0.717, 1.165) is 28.5 Å². The molecule has 0 aliphatic carbocycles. The van der Waals surface area contributed by atoms with Gasteiger partial charge in [-0.05, 0) is 18.6 Å². The second-order valence-electron chi connectivity index (χ2n) is 6.07. The number of nitrogens with zero attached hydrogens (tertiary/aromatic N) is 4. The highest BCUT2D eigenvalue weighted by Gasteiger charge is 2.28. The molecule has 0 spiro atoms. The second-order valence-corrected chi connectivity index (χ2v) is 6.07. The Hall–Kier alpha value is -2.67. The molecule has 3 rings (SSSR count). The Bertz CT molecular complexity index is 765. The van der Waals surface area contributed by atoms with Crippen LogP contribution in [0.3, 0.4) is 0 Å². The summed E-state index contributed by atoms with van der Waals surface area (Å²) in [5.41, 5.74) is 2.89. The van der Waals surface area contributed by atoms with Crippen molar-refractivity contribution in [2.75, 3.05) is 49.0 Å². The lowest BCUT2D eigenvalue weighted by atomic mass is 10.1. The van der Waals surface area contributed by atoms with Gasteiger partial charge in [0.15, 0.2) is 0 Å². The lowest BCUT2D eigenvalue weighted by Crippen LogP contribution is -2.36. The van der Waals surface area contributed by atoms with E-state index < -0.39 is 0 Å². The van der Waals surface area contributed by atoms with Crippen LogP contribution in [0.5, 0.6) is 0 Å². The summed E-state index contributed by atoms with van der Waals surface area (Å²) in [5, 5.41) is 3.28. The molecule has 132 valence electrons. The van der Waals surface area contributed by atoms with Crippen LogP contribution in [-0.2, 0) is 16.1 Å². The van der Waals surface area contributed by atoms with Crippen molar-refractivity contribution >= 4 is 23.2 Å². The summed E-state index contributed by atoms with van der Waals surface area (Å²) in [5.74, 6) is 1.55. The van der Waals surface area contributed by atoms with Gasteiger partial charge in [-0.2, -0.15) is 0 Å². The highest BCUT2D eigenvalue weighted by Crippen LogP contribution is 2.31. The molecule has 1 aromatic heterocycles. The number of hydrogen-bond donors (Lipinski definition) is 1. The molecule has 7 nitrogen and oxygen atoms in total. The smallest absolute Gasteiger partial charge is 0.246 e. The van der Waals surface area contributed by atoms with Crippen molar-refractivity contribution in [3.63, 3.8) is 0 Å². The molecule has 0 saturated heterocycles. The Morgan fingerprint density at radius 3 is 2.80 bits per heavy atom. The summed E-state index contributed by atoms with van der Waals surface area (Å²) in [6.07, 6.45) is 1.53. The van der Waals surface area contributed by atoms with Crippen molar-refractivity contribution in [2.45, 2.75) is 13.5 Å². The molecule has 2 aromatic rings. The van der Waals surface area contributed by atoms with Gasteiger partial charge in [-0.1, -0.05) is 18.2 Å². The van der Waals surface area contributed by atoms with Crippen molar-refractivity contribution in [1.29, 1.82) is 0 Å². The summed E-state index contributed by atoms with van der Waals surface area (Å²) in [6, 6.07) is 7.91. The van der Waals surface area contributed by atoms with E-state index in [9.17, 15) is 4.79 Å². The highest BCUT2D eigenvalue weighted by molar-refractivity contribution is 5.98. The Kier molecular flexibility index (Phi) is 5.14. The third-order valence-electron chi connectivity index (χ3n) is 4.28. The monoisotopic (exact) mass is 341 g/mol. The predicted octanol–water partition coefficient (Wildman–Crippen LogP) is 1.83. The molecule has 0 saturated carbocycles. The second kappa shape index (κ2) is 7.48. The van der Waals surface area contributed by atoms with Gasteiger partial charge in [-0.3, -0.25) is 4.79 Å². The minimum atomic E-state index is 0.0395. The molecule has 0 unspecified atom stereocenters. The number of anilines is 3. The number of ether oxygens (including phenoxy) is 1. The first-order valence-electron chi connectivity index (χ1n) is 8.25. The molecule has 0 atom stereocenters. The topological polar surface area (TPSA) is 70.6 Å². The summed E-state index contributed by atoms with van der Waals surface area (Å²) in [6.45, 7) is 3.93. The highest BCUT2D eigenvalue weighted by atomic mass is 16.5. The van der Waals surface area contributed by atoms with E-state index in [4.69, 9.17) is 4.74 Å². The molecule has 1 aliphatic rings. The molecule has 1 aliphatic heterocycles. The average Bonchev–Trinajstić information content (AvgIpc) is 2.73. The van der Waals surface area contributed by atoms with E-state index in [2.05, 4.69) is 15.3 Å². The summed E-state index contributed by atoms with van der Waals surface area (Å²) < 4.78 is 5.10. The summed E-state index contributed by atoms with van der Waals surface area (Å²) in [7, 11) is 3.54. The summed E-state index contributed by atoms with van der Waals surface area (Å²) in [4.78, 5) is 25.3. The number of carbonyl (C=O) groups is 1. The Labute approximate surface area is 147 Å². The van der Waals surface area contributed by atoms with Crippen LogP contribution in [-0.4, -0.2) is 49.7 Å². The van der Waals surface area contributed by atoms with Crippen LogP contribution in [0.4, 0.5) is 17.3 Å². The molecule has 1 aromatic carbocycles. The Balaban J connectivity index is 2.00. The number of aryl methyl sites for hydroxylation is 1. The van der Waals surface area contributed by atoms with Crippen molar-refractivity contribution in [3.05, 3.63) is 41.7 Å². The molecule has 25 heavy (non-hydrogen) atoms. The largest absolute Gasteiger partial charge is 0.383 e. The van der Waals surface area contributed by atoms with E-state index in [1.165, 1.54) is 6.33 Å².